The molecule has 160 valence electrons. The Balaban J connectivity index is 1.48. The molecule has 4 rings (SSSR count). The zero-order chi connectivity index (χ0) is 21.3. The van der Waals surface area contributed by atoms with Crippen LogP contribution in [0.25, 0.3) is 10.2 Å². The first kappa shape index (κ1) is 20.9. The van der Waals surface area contributed by atoms with Crippen LogP contribution in [-0.4, -0.2) is 26.9 Å². The summed E-state index contributed by atoms with van der Waals surface area (Å²) in [5.41, 5.74) is 0.788. The number of amides is 1. The van der Waals surface area contributed by atoms with Crippen LogP contribution in [0, 0.1) is 0 Å². The van der Waals surface area contributed by atoms with Crippen molar-refractivity contribution < 1.29 is 18.0 Å². The highest BCUT2D eigenvalue weighted by atomic mass is 32.1. The lowest BCUT2D eigenvalue weighted by Crippen LogP contribution is -2.35. The Morgan fingerprint density at radius 2 is 2.07 bits per heavy atom. The standard InChI is InChI=1S/C22H24F3N3OS/c1-27-12-5-7-17(27)18-6-3-2-4-13-28(18)21(29)11-10-20-26-16-14-15(22(23,24)25)8-9-19(16)30-20/h5,7-9,12,14,18H,2-4,6,10-11,13H2,1H3. The van der Waals surface area contributed by atoms with Crippen molar-refractivity contribution in [2.75, 3.05) is 6.54 Å². The molecule has 1 atom stereocenters. The number of rotatable bonds is 4. The Labute approximate surface area is 177 Å². The summed E-state index contributed by atoms with van der Waals surface area (Å²) in [5.74, 6) is 0.0818. The van der Waals surface area contributed by atoms with E-state index < -0.39 is 11.7 Å². The fourth-order valence-electron chi connectivity index (χ4n) is 4.15. The van der Waals surface area contributed by atoms with Gasteiger partial charge in [0, 0.05) is 38.3 Å². The van der Waals surface area contributed by atoms with Gasteiger partial charge in [0.1, 0.15) is 0 Å². The molecule has 1 aliphatic rings. The van der Waals surface area contributed by atoms with Gasteiger partial charge in [-0.05, 0) is 43.2 Å². The van der Waals surface area contributed by atoms with Crippen molar-refractivity contribution in [2.45, 2.75) is 50.7 Å². The Morgan fingerprint density at radius 1 is 1.23 bits per heavy atom. The number of carbonyl (C=O) groups is 1. The first-order valence-electron chi connectivity index (χ1n) is 10.2. The first-order chi connectivity index (χ1) is 14.3. The number of hydrogen-bond acceptors (Lipinski definition) is 3. The van der Waals surface area contributed by atoms with Gasteiger partial charge in [-0.15, -0.1) is 11.3 Å². The van der Waals surface area contributed by atoms with E-state index in [2.05, 4.69) is 15.6 Å². The molecule has 4 nitrogen and oxygen atoms in total. The van der Waals surface area contributed by atoms with Crippen LogP contribution in [-0.2, 0) is 24.4 Å². The van der Waals surface area contributed by atoms with Gasteiger partial charge in [-0.25, -0.2) is 4.98 Å². The molecule has 1 amide bonds. The third-order valence-electron chi connectivity index (χ3n) is 5.71. The Bertz CT molecular complexity index is 1040. The van der Waals surface area contributed by atoms with Gasteiger partial charge >= 0.3 is 6.18 Å². The molecule has 0 radical (unpaired) electrons. The van der Waals surface area contributed by atoms with Crippen molar-refractivity contribution in [1.82, 2.24) is 14.5 Å². The highest BCUT2D eigenvalue weighted by Gasteiger charge is 2.31. The molecule has 3 aromatic rings. The van der Waals surface area contributed by atoms with E-state index in [1.165, 1.54) is 17.4 Å². The number of aryl methyl sites for hydroxylation is 2. The number of fused-ring (bicyclic) bond motifs is 1. The lowest BCUT2D eigenvalue weighted by Gasteiger charge is -2.30. The van der Waals surface area contributed by atoms with Crippen LogP contribution in [0.15, 0.2) is 36.5 Å². The predicted octanol–water partition coefficient (Wildman–Crippen LogP) is 5.73. The molecule has 0 aliphatic carbocycles. The maximum atomic E-state index is 13.1. The third kappa shape index (κ3) is 4.38. The van der Waals surface area contributed by atoms with Gasteiger partial charge in [-0.3, -0.25) is 4.79 Å². The van der Waals surface area contributed by atoms with Gasteiger partial charge in [0.2, 0.25) is 5.91 Å². The van der Waals surface area contributed by atoms with Crippen molar-refractivity contribution in [3.05, 3.63) is 52.8 Å². The zero-order valence-corrected chi connectivity index (χ0v) is 17.6. The first-order valence-corrected chi connectivity index (χ1v) is 11.0. The summed E-state index contributed by atoms with van der Waals surface area (Å²) in [6.07, 6.45) is 2.52. The van der Waals surface area contributed by atoms with Gasteiger partial charge in [-0.2, -0.15) is 13.2 Å². The average molecular weight is 436 g/mol. The van der Waals surface area contributed by atoms with Crippen molar-refractivity contribution in [2.24, 2.45) is 7.05 Å². The number of nitrogens with zero attached hydrogens (tertiary/aromatic N) is 3. The zero-order valence-electron chi connectivity index (χ0n) is 16.8. The topological polar surface area (TPSA) is 38.1 Å². The van der Waals surface area contributed by atoms with Crippen molar-refractivity contribution in [3.8, 4) is 0 Å². The van der Waals surface area contributed by atoms with E-state index in [0.29, 0.717) is 28.1 Å². The summed E-state index contributed by atoms with van der Waals surface area (Å²) in [6.45, 7) is 0.740. The predicted molar refractivity (Wildman–Crippen MR) is 111 cm³/mol. The van der Waals surface area contributed by atoms with Gasteiger partial charge in [0.05, 0.1) is 26.8 Å². The van der Waals surface area contributed by atoms with Crippen LogP contribution in [0.2, 0.25) is 0 Å². The van der Waals surface area contributed by atoms with E-state index in [9.17, 15) is 18.0 Å². The van der Waals surface area contributed by atoms with Crippen LogP contribution in [0.1, 0.15) is 54.4 Å². The number of alkyl halides is 3. The number of halogens is 3. The maximum Gasteiger partial charge on any atom is 0.416 e. The van der Waals surface area contributed by atoms with Gasteiger partial charge in [-0.1, -0.05) is 12.8 Å². The minimum Gasteiger partial charge on any atom is -0.353 e. The van der Waals surface area contributed by atoms with E-state index in [4.69, 9.17) is 0 Å². The molecule has 0 bridgehead atoms. The molecule has 1 aliphatic heterocycles. The molecule has 30 heavy (non-hydrogen) atoms. The van der Waals surface area contributed by atoms with Gasteiger partial charge in [0.25, 0.3) is 0 Å². The minimum absolute atomic E-state index is 0.0738. The Kier molecular flexibility index (Phi) is 5.86. The van der Waals surface area contributed by atoms with Crippen LogP contribution in [0.5, 0.6) is 0 Å². The number of aromatic nitrogens is 2. The number of hydrogen-bond donors (Lipinski definition) is 0. The van der Waals surface area contributed by atoms with E-state index in [1.54, 1.807) is 0 Å². The summed E-state index contributed by atoms with van der Waals surface area (Å²) >= 11 is 1.36. The van der Waals surface area contributed by atoms with Crippen molar-refractivity contribution in [1.29, 1.82) is 0 Å². The minimum atomic E-state index is -4.38. The number of thiazole rings is 1. The molecule has 0 saturated carbocycles. The number of carbonyl (C=O) groups excluding carboxylic acids is 1. The summed E-state index contributed by atoms with van der Waals surface area (Å²) in [7, 11) is 2.00. The van der Waals surface area contributed by atoms with E-state index in [0.717, 1.165) is 50.1 Å². The molecular formula is C22H24F3N3OS. The lowest BCUT2D eigenvalue weighted by atomic mass is 10.1. The second kappa shape index (κ2) is 8.41. The molecule has 1 saturated heterocycles. The molecule has 3 heterocycles. The monoisotopic (exact) mass is 435 g/mol. The summed E-state index contributed by atoms with van der Waals surface area (Å²) in [4.78, 5) is 19.4. The fraction of sp³-hybridized carbons (Fsp3) is 0.455. The molecule has 0 spiro atoms. The summed E-state index contributed by atoms with van der Waals surface area (Å²) in [5, 5.41) is 0.697. The SMILES string of the molecule is Cn1cccc1C1CCCCCN1C(=O)CCc1nc2cc(C(F)(F)F)ccc2s1. The maximum absolute atomic E-state index is 13.1. The smallest absolute Gasteiger partial charge is 0.353 e. The van der Waals surface area contributed by atoms with E-state index >= 15 is 0 Å². The van der Waals surface area contributed by atoms with Crippen molar-refractivity contribution >= 4 is 27.5 Å². The highest BCUT2D eigenvalue weighted by Crippen LogP contribution is 2.34. The van der Waals surface area contributed by atoms with E-state index in [-0.39, 0.29) is 11.9 Å². The van der Waals surface area contributed by atoms with E-state index in [1.807, 2.05) is 24.2 Å². The van der Waals surface area contributed by atoms with Crippen LogP contribution in [0.4, 0.5) is 13.2 Å². The molecule has 0 N–H and O–H groups in total. The average Bonchev–Trinajstić information content (AvgIpc) is 3.23. The molecule has 2 aromatic heterocycles. The second-order valence-electron chi connectivity index (χ2n) is 7.78. The quantitative estimate of drug-likeness (QED) is 0.525. The molecule has 1 unspecified atom stereocenters. The van der Waals surface area contributed by atoms with Crippen molar-refractivity contribution in [3.63, 3.8) is 0 Å². The van der Waals surface area contributed by atoms with Crippen LogP contribution < -0.4 is 0 Å². The Morgan fingerprint density at radius 3 is 2.80 bits per heavy atom. The van der Waals surface area contributed by atoms with Crippen LogP contribution >= 0.6 is 11.3 Å². The Hall–Kier alpha value is -2.35. The molecule has 1 aromatic carbocycles. The van der Waals surface area contributed by atoms with Crippen LogP contribution in [0.3, 0.4) is 0 Å². The molecule has 8 heteroatoms. The lowest BCUT2D eigenvalue weighted by molar-refractivity contribution is -0.137. The normalized spacial score (nSPS) is 18.0. The van der Waals surface area contributed by atoms with Gasteiger partial charge in [0.15, 0.2) is 0 Å². The third-order valence-corrected chi connectivity index (χ3v) is 6.81. The number of benzene rings is 1. The fourth-order valence-corrected chi connectivity index (χ4v) is 5.10. The highest BCUT2D eigenvalue weighted by molar-refractivity contribution is 7.18. The molecular weight excluding hydrogens is 411 g/mol. The van der Waals surface area contributed by atoms with Gasteiger partial charge < -0.3 is 9.47 Å². The summed E-state index contributed by atoms with van der Waals surface area (Å²) in [6, 6.07) is 7.77. The second-order valence-corrected chi connectivity index (χ2v) is 8.90. The summed E-state index contributed by atoms with van der Waals surface area (Å²) < 4.78 is 41.5. The molecule has 1 fully saturated rings. The number of likely N-dealkylation sites (tertiary alicyclic amines) is 1. The largest absolute Gasteiger partial charge is 0.416 e.